The number of hydrogen-bond donors (Lipinski definition) is 8. The van der Waals surface area contributed by atoms with Crippen LogP contribution in [0, 0.1) is 50.2 Å². The minimum absolute atomic E-state index is 0.00547. The van der Waals surface area contributed by atoms with E-state index in [-0.39, 0.29) is 48.1 Å². The molecule has 5 aliphatic carbocycles. The Morgan fingerprint density at radius 1 is 0.549 bits per heavy atom. The molecular formula is C63H95N3O25. The number of rotatable bonds is 22. The second-order valence-corrected chi connectivity index (χ2v) is 27.7. The number of allylic oxidation sites excluding steroid dienone is 2. The van der Waals surface area contributed by atoms with E-state index in [1.54, 1.807) is 0 Å². The van der Waals surface area contributed by atoms with Gasteiger partial charge in [0.2, 0.25) is 0 Å². The molecule has 7 aliphatic rings. The van der Waals surface area contributed by atoms with E-state index in [9.17, 15) is 68.7 Å². The number of nitrogens with one attached hydrogen (secondary N) is 3. The first-order valence-electron chi connectivity index (χ1n) is 31.2. The van der Waals surface area contributed by atoms with Crippen LogP contribution in [-0.2, 0) is 80.9 Å². The molecule has 3 amide bonds. The Bertz CT molecular complexity index is 2800. The first-order chi connectivity index (χ1) is 42.6. The molecule has 6 fully saturated rings. The van der Waals surface area contributed by atoms with Crippen LogP contribution in [0.25, 0.3) is 0 Å². The largest absolute Gasteiger partial charge is 0.469 e. The van der Waals surface area contributed by atoms with Gasteiger partial charge in [0.15, 0.2) is 35.7 Å². The SMILES string of the molecule is COC(=O)CCC(NC(=O)OC)C(=O)[C@@H]1O[C@H](O[C@@H]2[C@H](OC3CC[C@]4(C)C5C(=O)C=C6C7C[C@@](C)(C(=O)C(CCC(=O)OC)NC(=O)OC)CCC7(C)CC[C@@]6(C)[C@]5(C)CC[C@H]4C3(C)C)O[C@@H](C(=O)C(CCC(=O)OC)NC(=O)OC)[C@H](O)[C@H]2O)[C@@H](O)[C@H](O)[C@H]1O. The third-order valence-corrected chi connectivity index (χ3v) is 22.4. The molecule has 4 saturated carbocycles. The summed E-state index contributed by atoms with van der Waals surface area (Å²) in [5, 5.41) is 65.4. The summed E-state index contributed by atoms with van der Waals surface area (Å²) in [6.07, 6.45) is -20.1. The number of aliphatic hydroxyl groups is 5. The lowest BCUT2D eigenvalue weighted by Crippen LogP contribution is -2.68. The molecule has 91 heavy (non-hydrogen) atoms. The Morgan fingerprint density at radius 2 is 1.02 bits per heavy atom. The number of Topliss-reactive ketones (excluding diaryl/α,β-unsaturated/α-hetero) is 3. The normalized spacial score (nSPS) is 38.3. The molecule has 7 rings (SSSR count). The number of carbonyl (C=O) groups excluding carboxylic acids is 10. The van der Waals surface area contributed by atoms with Crippen molar-refractivity contribution >= 4 is 59.3 Å². The molecule has 2 heterocycles. The first kappa shape index (κ1) is 72.7. The Labute approximate surface area is 529 Å². The fourth-order valence-electron chi connectivity index (χ4n) is 16.8. The average molecular weight is 1290 g/mol. The van der Waals surface area contributed by atoms with Gasteiger partial charge in [-0.1, -0.05) is 54.0 Å². The zero-order valence-corrected chi connectivity index (χ0v) is 54.4. The van der Waals surface area contributed by atoms with Gasteiger partial charge in [0.1, 0.15) is 48.8 Å². The van der Waals surface area contributed by atoms with Crippen molar-refractivity contribution in [2.75, 3.05) is 42.7 Å². The molecule has 22 atom stereocenters. The third-order valence-electron chi connectivity index (χ3n) is 22.4. The summed E-state index contributed by atoms with van der Waals surface area (Å²) in [6.45, 7) is 14.7. The second-order valence-electron chi connectivity index (χ2n) is 27.7. The Morgan fingerprint density at radius 3 is 1.53 bits per heavy atom. The topological polar surface area (TPSA) is 400 Å². The van der Waals surface area contributed by atoms with Crippen molar-refractivity contribution < 1.29 is 121 Å². The molecule has 0 spiro atoms. The number of amides is 3. The van der Waals surface area contributed by atoms with Gasteiger partial charge >= 0.3 is 36.2 Å². The van der Waals surface area contributed by atoms with Crippen LogP contribution in [0.5, 0.6) is 0 Å². The zero-order valence-electron chi connectivity index (χ0n) is 54.4. The van der Waals surface area contributed by atoms with Crippen molar-refractivity contribution in [1.29, 1.82) is 0 Å². The van der Waals surface area contributed by atoms with E-state index >= 15 is 4.79 Å². The Hall–Kier alpha value is -5.72. The highest BCUT2D eigenvalue weighted by molar-refractivity contribution is 5.96. The summed E-state index contributed by atoms with van der Waals surface area (Å²) in [5.41, 5.74) is -2.91. The molecule has 2 saturated heterocycles. The number of ether oxygens (including phenoxy) is 10. The van der Waals surface area contributed by atoms with Gasteiger partial charge in [-0.25, -0.2) is 14.4 Å². The smallest absolute Gasteiger partial charge is 0.407 e. The quantitative estimate of drug-likeness (QED) is 0.0439. The van der Waals surface area contributed by atoms with Gasteiger partial charge in [-0.2, -0.15) is 0 Å². The lowest BCUT2D eigenvalue weighted by Gasteiger charge is -2.70. The summed E-state index contributed by atoms with van der Waals surface area (Å²) in [4.78, 5) is 134. The molecule has 7 unspecified atom stereocenters. The van der Waals surface area contributed by atoms with Gasteiger partial charge in [-0.3, -0.25) is 33.6 Å². The van der Waals surface area contributed by atoms with Gasteiger partial charge in [0.25, 0.3) is 0 Å². The Kier molecular flexibility index (Phi) is 22.7. The maximum absolute atomic E-state index is 15.6. The number of carbonyl (C=O) groups is 10. The summed E-state index contributed by atoms with van der Waals surface area (Å²) < 4.78 is 54.0. The number of methoxy groups -OCH3 is 6. The molecule has 0 aromatic carbocycles. The van der Waals surface area contributed by atoms with Crippen LogP contribution in [0.3, 0.4) is 0 Å². The number of alkyl carbamates (subject to hydrolysis) is 3. The highest BCUT2D eigenvalue weighted by Gasteiger charge is 2.71. The van der Waals surface area contributed by atoms with Crippen LogP contribution in [0.15, 0.2) is 11.6 Å². The number of fused-ring (bicyclic) bond motifs is 7. The van der Waals surface area contributed by atoms with E-state index in [4.69, 9.17) is 37.9 Å². The van der Waals surface area contributed by atoms with Crippen LogP contribution in [0.1, 0.15) is 145 Å². The summed E-state index contributed by atoms with van der Waals surface area (Å²) in [6, 6.07) is -4.26. The van der Waals surface area contributed by atoms with Gasteiger partial charge in [0.05, 0.1) is 66.9 Å². The van der Waals surface area contributed by atoms with Crippen molar-refractivity contribution in [3.8, 4) is 0 Å². The fourth-order valence-corrected chi connectivity index (χ4v) is 16.8. The van der Waals surface area contributed by atoms with E-state index in [1.165, 1.54) is 14.2 Å². The molecule has 28 nitrogen and oxygen atoms in total. The summed E-state index contributed by atoms with van der Waals surface area (Å²) in [7, 11) is 6.69. The lowest BCUT2D eigenvalue weighted by atomic mass is 9.33. The number of hydrogen-bond acceptors (Lipinski definition) is 25. The van der Waals surface area contributed by atoms with Gasteiger partial charge in [0, 0.05) is 30.6 Å². The molecule has 512 valence electrons. The maximum atomic E-state index is 15.6. The first-order valence-corrected chi connectivity index (χ1v) is 31.2. The number of esters is 3. The Balaban J connectivity index is 1.21. The van der Waals surface area contributed by atoms with Crippen LogP contribution >= 0.6 is 0 Å². The summed E-state index contributed by atoms with van der Waals surface area (Å²) in [5.74, 6) is -5.49. The van der Waals surface area contributed by atoms with Crippen LogP contribution in [0.4, 0.5) is 14.4 Å². The van der Waals surface area contributed by atoms with Crippen molar-refractivity contribution in [2.24, 2.45) is 50.2 Å². The monoisotopic (exact) mass is 1290 g/mol. The minimum Gasteiger partial charge on any atom is -0.469 e. The van der Waals surface area contributed by atoms with Crippen molar-refractivity contribution in [3.63, 3.8) is 0 Å². The van der Waals surface area contributed by atoms with E-state index in [1.807, 2.05) is 26.8 Å². The number of aliphatic hydroxyl groups excluding tert-OH is 5. The van der Waals surface area contributed by atoms with Crippen molar-refractivity contribution in [2.45, 2.75) is 230 Å². The highest BCUT2D eigenvalue weighted by Crippen LogP contribution is 2.75. The average Bonchev–Trinajstić information content (AvgIpc) is 0.675. The molecule has 8 N–H and O–H groups in total. The van der Waals surface area contributed by atoms with Gasteiger partial charge < -0.3 is 88.9 Å². The van der Waals surface area contributed by atoms with Crippen LogP contribution in [0.2, 0.25) is 0 Å². The predicted molar refractivity (Wildman–Crippen MR) is 313 cm³/mol. The molecule has 28 heteroatoms. The zero-order chi connectivity index (χ0) is 67.7. The second kappa shape index (κ2) is 28.5. The molecule has 0 bridgehead atoms. The standard InChI is InChI=1S/C63H95N3O25/c1-58(2)36-20-23-63(7)51(35(67)28-30-31-29-60(4,25-24-59(31,3)26-27-62(30,63)6)52(78)34(66-57(81)87-13)16-19-40(70)84-10)61(36,5)22-21-37(58)88-54-50(46(76)45(75)49(90-54)42(72)33(65-56(80)86-12)15-18-39(69)83-9)91-53-47(77)43(73)44(74)48(89-53)41(71)32(64-55(79)85-11)14-17-38(68)82-8/h28,31-34,36-37,43-51,53-54,73-77H,14-27,29H2,1-13H3,(H,64,79)(H,65,80)(H,66,81)/t31?,32?,33?,34?,36-,37?,43+,44+,45+,46+,47-,48-,49-,50-,51?,53+,54+,59?,60-,61-,62+,63+/m0/s1. The van der Waals surface area contributed by atoms with E-state index in [0.29, 0.717) is 38.5 Å². The predicted octanol–water partition coefficient (Wildman–Crippen LogP) is 2.73. The molecule has 0 aromatic rings. The van der Waals surface area contributed by atoms with Crippen LogP contribution < -0.4 is 16.0 Å². The van der Waals surface area contributed by atoms with Crippen molar-refractivity contribution in [3.05, 3.63) is 11.6 Å². The van der Waals surface area contributed by atoms with E-state index < -0.39 is 192 Å². The van der Waals surface area contributed by atoms with Gasteiger partial charge in [-0.05, 0) is 122 Å². The summed E-state index contributed by atoms with van der Waals surface area (Å²) >= 11 is 0. The highest BCUT2D eigenvalue weighted by atomic mass is 16.8. The fraction of sp³-hybridized carbons (Fsp3) is 0.810. The van der Waals surface area contributed by atoms with Crippen LogP contribution in [-0.4, -0.2) is 213 Å². The minimum atomic E-state index is -2.23. The third kappa shape index (κ3) is 14.1. The number of ketones is 4. The van der Waals surface area contributed by atoms with Gasteiger partial charge in [-0.15, -0.1) is 0 Å². The maximum Gasteiger partial charge on any atom is 0.407 e. The molecule has 0 radical (unpaired) electrons. The molecule has 0 aromatic heterocycles. The lowest BCUT2D eigenvalue weighted by molar-refractivity contribution is -0.369. The van der Waals surface area contributed by atoms with E-state index in [0.717, 1.165) is 46.9 Å². The van der Waals surface area contributed by atoms with E-state index in [2.05, 4.69) is 53.1 Å². The molecule has 2 aliphatic heterocycles. The van der Waals surface area contributed by atoms with Crippen molar-refractivity contribution in [1.82, 2.24) is 16.0 Å². The molecular weight excluding hydrogens is 1200 g/mol.